The minimum atomic E-state index is -0.535. The molecule has 1 atom stereocenters. The van der Waals surface area contributed by atoms with Gasteiger partial charge in [0.05, 0.1) is 11.7 Å². The van der Waals surface area contributed by atoms with E-state index in [0.717, 1.165) is 33.4 Å². The van der Waals surface area contributed by atoms with Gasteiger partial charge >= 0.3 is 0 Å². The summed E-state index contributed by atoms with van der Waals surface area (Å²) in [5.41, 5.74) is 4.36. The zero-order valence-electron chi connectivity index (χ0n) is 14.0. The lowest BCUT2D eigenvalue weighted by atomic mass is 10.1. The molecule has 126 valence electrons. The van der Waals surface area contributed by atoms with Crippen molar-refractivity contribution in [2.75, 3.05) is 10.2 Å². The summed E-state index contributed by atoms with van der Waals surface area (Å²) in [5, 5.41) is 10.9. The third-order valence-corrected chi connectivity index (χ3v) is 4.66. The quantitative estimate of drug-likeness (QED) is 0.756. The Kier molecular flexibility index (Phi) is 3.53. The van der Waals surface area contributed by atoms with Gasteiger partial charge < -0.3 is 5.32 Å². The zero-order valence-corrected chi connectivity index (χ0v) is 14.0. The Morgan fingerprint density at radius 2 is 2.08 bits per heavy atom. The fourth-order valence-electron chi connectivity index (χ4n) is 3.44. The minimum Gasteiger partial charge on any atom is -0.324 e. The van der Waals surface area contributed by atoms with Gasteiger partial charge in [-0.2, -0.15) is 5.10 Å². The number of rotatable bonds is 2. The number of hydrogen-bond acceptors (Lipinski definition) is 3. The molecule has 1 aliphatic rings. The molecule has 6 nitrogen and oxygen atoms in total. The monoisotopic (exact) mass is 334 g/mol. The molecule has 4 rings (SSSR count). The van der Waals surface area contributed by atoms with Crippen LogP contribution in [0.15, 0.2) is 42.6 Å². The van der Waals surface area contributed by atoms with Gasteiger partial charge in [-0.15, -0.1) is 0 Å². The molecule has 3 aromatic rings. The molecule has 0 unspecified atom stereocenters. The van der Waals surface area contributed by atoms with E-state index >= 15 is 0 Å². The van der Waals surface area contributed by atoms with Crippen LogP contribution in [0.3, 0.4) is 0 Å². The van der Waals surface area contributed by atoms with Crippen LogP contribution >= 0.6 is 0 Å². The molecule has 0 aliphatic carbocycles. The van der Waals surface area contributed by atoms with E-state index in [1.165, 1.54) is 6.92 Å². The molecule has 0 bridgehead atoms. The van der Waals surface area contributed by atoms with Gasteiger partial charge in [-0.25, -0.2) is 0 Å². The minimum absolute atomic E-state index is 0.133. The molecule has 1 aromatic heterocycles. The van der Waals surface area contributed by atoms with Gasteiger partial charge in [0.25, 0.3) is 0 Å². The maximum Gasteiger partial charge on any atom is 0.247 e. The van der Waals surface area contributed by atoms with Gasteiger partial charge in [0.1, 0.15) is 6.04 Å². The number of hydrogen-bond donors (Lipinski definition) is 2. The second kappa shape index (κ2) is 5.73. The number of aromatic amines is 1. The first-order valence-electron chi connectivity index (χ1n) is 8.17. The number of carbonyl (C=O) groups is 2. The Morgan fingerprint density at radius 3 is 2.88 bits per heavy atom. The number of benzene rings is 2. The van der Waals surface area contributed by atoms with Crippen molar-refractivity contribution >= 4 is 34.1 Å². The Balaban J connectivity index is 1.64. The summed E-state index contributed by atoms with van der Waals surface area (Å²) < 4.78 is 0. The molecule has 0 spiro atoms. The number of nitrogens with one attached hydrogen (secondary N) is 2. The molecule has 0 saturated carbocycles. The molecule has 2 N–H and O–H groups in total. The predicted molar refractivity (Wildman–Crippen MR) is 96.6 cm³/mol. The Hall–Kier alpha value is -3.15. The van der Waals surface area contributed by atoms with E-state index in [9.17, 15) is 9.59 Å². The van der Waals surface area contributed by atoms with Crippen LogP contribution in [0, 0.1) is 6.92 Å². The summed E-state index contributed by atoms with van der Waals surface area (Å²) in [6, 6.07) is 11.0. The van der Waals surface area contributed by atoms with E-state index in [0.29, 0.717) is 6.42 Å². The lowest BCUT2D eigenvalue weighted by Gasteiger charge is -2.23. The largest absolute Gasteiger partial charge is 0.324 e. The number of nitrogens with zero attached hydrogens (tertiary/aromatic N) is 2. The molecule has 2 amide bonds. The highest BCUT2D eigenvalue weighted by atomic mass is 16.2. The second-order valence-corrected chi connectivity index (χ2v) is 6.35. The number of carbonyl (C=O) groups excluding carboxylic acids is 2. The smallest absolute Gasteiger partial charge is 0.247 e. The van der Waals surface area contributed by atoms with E-state index in [1.807, 2.05) is 43.3 Å². The Morgan fingerprint density at radius 1 is 1.28 bits per heavy atom. The molecule has 2 heterocycles. The van der Waals surface area contributed by atoms with Crippen LogP contribution in [0.5, 0.6) is 0 Å². The fraction of sp³-hybridized carbons (Fsp3) is 0.211. The second-order valence-electron chi connectivity index (χ2n) is 6.35. The first kappa shape index (κ1) is 15.4. The number of H-pyrrole nitrogens is 1. The number of anilines is 2. The molecule has 0 fully saturated rings. The van der Waals surface area contributed by atoms with Crippen LogP contribution < -0.4 is 10.2 Å². The molecule has 0 saturated heterocycles. The van der Waals surface area contributed by atoms with Gasteiger partial charge in [-0.1, -0.05) is 18.2 Å². The van der Waals surface area contributed by atoms with Crippen LogP contribution in [-0.2, 0) is 16.0 Å². The van der Waals surface area contributed by atoms with Crippen LogP contribution in [0.1, 0.15) is 18.1 Å². The van der Waals surface area contributed by atoms with Crippen molar-refractivity contribution in [1.82, 2.24) is 10.2 Å². The first-order valence-corrected chi connectivity index (χ1v) is 8.17. The number of amides is 2. The molecule has 25 heavy (non-hydrogen) atoms. The van der Waals surface area contributed by atoms with Crippen molar-refractivity contribution in [3.8, 4) is 0 Å². The van der Waals surface area contributed by atoms with Gasteiger partial charge in [0.2, 0.25) is 11.8 Å². The highest BCUT2D eigenvalue weighted by Gasteiger charge is 2.36. The third kappa shape index (κ3) is 2.55. The standard InChI is InChI=1S/C19H18N4O2/c1-11-7-14-10-20-22-16(14)9-15(11)21-19(25)18-8-13-5-3-4-6-17(13)23(18)12(2)24/h3-7,9-10,18H,8H2,1-2H3,(H,20,22)(H,21,25)/t18-/m0/s1. The summed E-state index contributed by atoms with van der Waals surface area (Å²) >= 11 is 0. The van der Waals surface area contributed by atoms with E-state index in [2.05, 4.69) is 15.5 Å². The number of fused-ring (bicyclic) bond motifs is 2. The number of aryl methyl sites for hydroxylation is 1. The maximum atomic E-state index is 12.9. The summed E-state index contributed by atoms with van der Waals surface area (Å²) in [6.07, 6.45) is 2.27. The third-order valence-electron chi connectivity index (χ3n) is 4.66. The van der Waals surface area contributed by atoms with Crippen molar-refractivity contribution in [3.05, 3.63) is 53.7 Å². The van der Waals surface area contributed by atoms with Gasteiger partial charge in [-0.3, -0.25) is 19.6 Å². The lowest BCUT2D eigenvalue weighted by Crippen LogP contribution is -2.44. The number of aromatic nitrogens is 2. The van der Waals surface area contributed by atoms with Crippen molar-refractivity contribution in [2.24, 2.45) is 0 Å². The van der Waals surface area contributed by atoms with Gasteiger partial charge in [0, 0.05) is 30.1 Å². The normalized spacial score (nSPS) is 16.1. The van der Waals surface area contributed by atoms with Crippen molar-refractivity contribution in [1.29, 1.82) is 0 Å². The number of para-hydroxylation sites is 1. The average Bonchev–Trinajstić information content (AvgIpc) is 3.18. The molecular formula is C19H18N4O2. The molecule has 0 radical (unpaired) electrons. The summed E-state index contributed by atoms with van der Waals surface area (Å²) in [6.45, 7) is 3.43. The summed E-state index contributed by atoms with van der Waals surface area (Å²) in [4.78, 5) is 26.6. The highest BCUT2D eigenvalue weighted by Crippen LogP contribution is 2.33. The molecule has 1 aliphatic heterocycles. The Bertz CT molecular complexity index is 992. The van der Waals surface area contributed by atoms with Crippen molar-refractivity contribution < 1.29 is 9.59 Å². The van der Waals surface area contributed by atoms with Gasteiger partial charge in [-0.05, 0) is 36.2 Å². The first-order chi connectivity index (χ1) is 12.0. The summed E-state index contributed by atoms with van der Waals surface area (Å²) in [7, 11) is 0. The predicted octanol–water partition coefficient (Wildman–Crippen LogP) is 2.79. The van der Waals surface area contributed by atoms with E-state index in [4.69, 9.17) is 0 Å². The average molecular weight is 334 g/mol. The van der Waals surface area contributed by atoms with Crippen molar-refractivity contribution in [2.45, 2.75) is 26.3 Å². The zero-order chi connectivity index (χ0) is 17.6. The molecule has 2 aromatic carbocycles. The van der Waals surface area contributed by atoms with Crippen LogP contribution in [-0.4, -0.2) is 28.1 Å². The topological polar surface area (TPSA) is 78.1 Å². The van der Waals surface area contributed by atoms with E-state index < -0.39 is 6.04 Å². The Labute approximate surface area is 144 Å². The van der Waals surface area contributed by atoms with Gasteiger partial charge in [0.15, 0.2) is 0 Å². The van der Waals surface area contributed by atoms with E-state index in [1.54, 1.807) is 11.1 Å². The SMILES string of the molecule is CC(=O)N1c2ccccc2C[C@H]1C(=O)Nc1cc2[nH]ncc2cc1C. The van der Waals surface area contributed by atoms with Crippen LogP contribution in [0.4, 0.5) is 11.4 Å². The van der Waals surface area contributed by atoms with Crippen LogP contribution in [0.25, 0.3) is 10.9 Å². The highest BCUT2D eigenvalue weighted by molar-refractivity contribution is 6.07. The maximum absolute atomic E-state index is 12.9. The molecule has 6 heteroatoms. The van der Waals surface area contributed by atoms with E-state index in [-0.39, 0.29) is 11.8 Å². The summed E-state index contributed by atoms with van der Waals surface area (Å²) in [5.74, 6) is -0.320. The lowest BCUT2D eigenvalue weighted by molar-refractivity contribution is -0.122. The van der Waals surface area contributed by atoms with Crippen LogP contribution in [0.2, 0.25) is 0 Å². The fourth-order valence-corrected chi connectivity index (χ4v) is 3.44. The van der Waals surface area contributed by atoms with Crippen molar-refractivity contribution in [3.63, 3.8) is 0 Å². The molecular weight excluding hydrogens is 316 g/mol.